The van der Waals surface area contributed by atoms with E-state index in [2.05, 4.69) is 0 Å². The predicted octanol–water partition coefficient (Wildman–Crippen LogP) is 2.32. The van der Waals surface area contributed by atoms with Gasteiger partial charge >= 0.3 is 5.97 Å². The number of nitrogens with zero attached hydrogens (tertiary/aromatic N) is 1. The third-order valence-electron chi connectivity index (χ3n) is 3.38. The first-order chi connectivity index (χ1) is 10.1. The average molecular weight is 312 g/mol. The van der Waals surface area contributed by atoms with Gasteiger partial charge in [0.15, 0.2) is 0 Å². The molecule has 0 radical (unpaired) electrons. The van der Waals surface area contributed by atoms with E-state index in [0.29, 0.717) is 18.1 Å². The fraction of sp³-hybridized carbons (Fsp3) is 0.467. The van der Waals surface area contributed by atoms with E-state index in [4.69, 9.17) is 21.4 Å². The number of hydrogen-bond donors (Lipinski definition) is 1. The minimum absolute atomic E-state index is 0.238. The zero-order valence-electron chi connectivity index (χ0n) is 11.6. The summed E-state index contributed by atoms with van der Waals surface area (Å²) in [7, 11) is 0. The number of carboxylic acid groups (broad SMARTS) is 1. The molecule has 21 heavy (non-hydrogen) atoms. The summed E-state index contributed by atoms with van der Waals surface area (Å²) in [6.07, 6.45) is 2.00. The minimum atomic E-state index is -1.03. The maximum Gasteiger partial charge on any atom is 0.323 e. The van der Waals surface area contributed by atoms with Crippen LogP contribution in [0.15, 0.2) is 24.3 Å². The normalized spacial score (nSPS) is 18.2. The molecule has 114 valence electrons. The molecule has 2 rings (SSSR count). The molecule has 1 amide bonds. The van der Waals surface area contributed by atoms with E-state index in [9.17, 15) is 9.59 Å². The number of carbonyl (C=O) groups is 2. The van der Waals surface area contributed by atoms with Gasteiger partial charge in [-0.15, -0.1) is 0 Å². The third-order valence-corrected chi connectivity index (χ3v) is 3.63. The fourth-order valence-corrected chi connectivity index (χ4v) is 2.45. The van der Waals surface area contributed by atoms with Crippen LogP contribution in [0.2, 0.25) is 5.02 Å². The lowest BCUT2D eigenvalue weighted by Crippen LogP contribution is -2.43. The molecule has 1 fully saturated rings. The van der Waals surface area contributed by atoms with Gasteiger partial charge in [0.1, 0.15) is 12.6 Å². The summed E-state index contributed by atoms with van der Waals surface area (Å²) in [6, 6.07) is 7.01. The van der Waals surface area contributed by atoms with Gasteiger partial charge in [0, 0.05) is 18.2 Å². The molecule has 1 aromatic rings. The van der Waals surface area contributed by atoms with Crippen LogP contribution in [0.25, 0.3) is 0 Å². The lowest BCUT2D eigenvalue weighted by Gasteiger charge is -2.28. The van der Waals surface area contributed by atoms with Gasteiger partial charge in [-0.1, -0.05) is 23.7 Å². The van der Waals surface area contributed by atoms with Crippen LogP contribution >= 0.6 is 11.6 Å². The van der Waals surface area contributed by atoms with Crippen molar-refractivity contribution in [2.75, 3.05) is 13.2 Å². The minimum Gasteiger partial charge on any atom is -0.480 e. The van der Waals surface area contributed by atoms with Gasteiger partial charge in [0.05, 0.1) is 0 Å². The second-order valence-electron chi connectivity index (χ2n) is 5.07. The van der Waals surface area contributed by atoms with Crippen molar-refractivity contribution in [3.05, 3.63) is 34.9 Å². The lowest BCUT2D eigenvalue weighted by molar-refractivity contribution is -0.153. The third kappa shape index (κ3) is 4.72. The van der Waals surface area contributed by atoms with Crippen LogP contribution in [0.1, 0.15) is 24.8 Å². The molecule has 0 saturated carbocycles. The largest absolute Gasteiger partial charge is 0.480 e. The molecule has 5 nitrogen and oxygen atoms in total. The van der Waals surface area contributed by atoms with E-state index >= 15 is 0 Å². The van der Waals surface area contributed by atoms with Gasteiger partial charge in [-0.05, 0) is 37.0 Å². The maximum absolute atomic E-state index is 12.4. The molecule has 1 heterocycles. The van der Waals surface area contributed by atoms with E-state index in [0.717, 1.165) is 18.4 Å². The standard InChI is InChI=1S/C15H18ClNO4/c16-12-6-4-11(5-7-12)9-17(10-14(18)19)15(20)13-3-1-2-8-21-13/h4-7,13H,1-3,8-10H2,(H,18,19). The Morgan fingerprint density at radius 2 is 2.00 bits per heavy atom. The molecule has 1 N–H and O–H groups in total. The number of carboxylic acids is 1. The van der Waals surface area contributed by atoms with Gasteiger partial charge in [0.2, 0.25) is 0 Å². The number of ether oxygens (including phenoxy) is 1. The van der Waals surface area contributed by atoms with Gasteiger partial charge < -0.3 is 14.7 Å². The van der Waals surface area contributed by atoms with Crippen molar-refractivity contribution in [3.63, 3.8) is 0 Å². The van der Waals surface area contributed by atoms with Crippen molar-refractivity contribution in [2.45, 2.75) is 31.9 Å². The smallest absolute Gasteiger partial charge is 0.323 e. The number of rotatable bonds is 5. The topological polar surface area (TPSA) is 66.8 Å². The van der Waals surface area contributed by atoms with Gasteiger partial charge in [-0.25, -0.2) is 0 Å². The van der Waals surface area contributed by atoms with Crippen molar-refractivity contribution in [1.29, 1.82) is 0 Å². The second kappa shape index (κ2) is 7.43. The van der Waals surface area contributed by atoms with Crippen molar-refractivity contribution < 1.29 is 19.4 Å². The SMILES string of the molecule is O=C(O)CN(Cc1ccc(Cl)cc1)C(=O)C1CCCCO1. The predicted molar refractivity (Wildman–Crippen MR) is 78.1 cm³/mol. The van der Waals surface area contributed by atoms with Crippen LogP contribution in [-0.4, -0.2) is 41.1 Å². The summed E-state index contributed by atoms with van der Waals surface area (Å²) in [6.45, 7) is 0.460. The first kappa shape index (κ1) is 15.8. The summed E-state index contributed by atoms with van der Waals surface area (Å²) < 4.78 is 5.45. The lowest BCUT2D eigenvalue weighted by atomic mass is 10.1. The van der Waals surface area contributed by atoms with Gasteiger partial charge in [-0.2, -0.15) is 0 Å². The summed E-state index contributed by atoms with van der Waals surface area (Å²) in [4.78, 5) is 24.7. The molecule has 1 saturated heterocycles. The van der Waals surface area contributed by atoms with Gasteiger partial charge in [-0.3, -0.25) is 9.59 Å². The van der Waals surface area contributed by atoms with Crippen LogP contribution in [0.4, 0.5) is 0 Å². The number of carbonyl (C=O) groups excluding carboxylic acids is 1. The Balaban J connectivity index is 2.07. The van der Waals surface area contributed by atoms with Crippen molar-refractivity contribution in [2.24, 2.45) is 0 Å². The monoisotopic (exact) mass is 311 g/mol. The zero-order valence-corrected chi connectivity index (χ0v) is 12.4. The Bertz CT molecular complexity index is 497. The van der Waals surface area contributed by atoms with Crippen LogP contribution in [-0.2, 0) is 20.9 Å². The molecule has 1 aromatic carbocycles. The average Bonchev–Trinajstić information content (AvgIpc) is 2.48. The Labute approximate surface area is 128 Å². The van der Waals surface area contributed by atoms with Crippen molar-refractivity contribution in [3.8, 4) is 0 Å². The maximum atomic E-state index is 12.4. The van der Waals surface area contributed by atoms with Crippen LogP contribution in [0, 0.1) is 0 Å². The molecular formula is C15H18ClNO4. The van der Waals surface area contributed by atoms with Crippen LogP contribution in [0.3, 0.4) is 0 Å². The zero-order chi connectivity index (χ0) is 15.2. The Morgan fingerprint density at radius 1 is 1.29 bits per heavy atom. The van der Waals surface area contributed by atoms with E-state index < -0.39 is 12.1 Å². The summed E-state index contributed by atoms with van der Waals surface area (Å²) in [5, 5.41) is 9.60. The summed E-state index contributed by atoms with van der Waals surface area (Å²) in [5.74, 6) is -1.29. The van der Waals surface area contributed by atoms with Crippen molar-refractivity contribution in [1.82, 2.24) is 4.90 Å². The second-order valence-corrected chi connectivity index (χ2v) is 5.51. The summed E-state index contributed by atoms with van der Waals surface area (Å²) in [5.41, 5.74) is 0.838. The Kier molecular flexibility index (Phi) is 5.59. The summed E-state index contributed by atoms with van der Waals surface area (Å²) >= 11 is 5.82. The van der Waals surface area contributed by atoms with E-state index in [-0.39, 0.29) is 19.0 Å². The number of amides is 1. The molecule has 1 unspecified atom stereocenters. The van der Waals surface area contributed by atoms with E-state index in [1.54, 1.807) is 24.3 Å². The van der Waals surface area contributed by atoms with Crippen LogP contribution in [0.5, 0.6) is 0 Å². The van der Waals surface area contributed by atoms with E-state index in [1.165, 1.54) is 4.90 Å². The quantitative estimate of drug-likeness (QED) is 0.906. The highest BCUT2D eigenvalue weighted by molar-refractivity contribution is 6.30. The fourth-order valence-electron chi connectivity index (χ4n) is 2.32. The number of benzene rings is 1. The van der Waals surface area contributed by atoms with Crippen molar-refractivity contribution >= 4 is 23.5 Å². The molecule has 0 spiro atoms. The number of halogens is 1. The molecule has 0 aromatic heterocycles. The Hall–Kier alpha value is -1.59. The highest BCUT2D eigenvalue weighted by Gasteiger charge is 2.28. The Morgan fingerprint density at radius 3 is 2.57 bits per heavy atom. The highest BCUT2D eigenvalue weighted by Crippen LogP contribution is 2.17. The first-order valence-electron chi connectivity index (χ1n) is 6.93. The molecule has 0 aliphatic carbocycles. The van der Waals surface area contributed by atoms with Crippen LogP contribution < -0.4 is 0 Å². The highest BCUT2D eigenvalue weighted by atomic mass is 35.5. The molecule has 0 bridgehead atoms. The van der Waals surface area contributed by atoms with E-state index in [1.807, 2.05) is 0 Å². The molecule has 1 aliphatic heterocycles. The van der Waals surface area contributed by atoms with Gasteiger partial charge in [0.25, 0.3) is 5.91 Å². The molecule has 6 heteroatoms. The first-order valence-corrected chi connectivity index (χ1v) is 7.30. The number of aliphatic carboxylic acids is 1. The molecule has 1 aliphatic rings. The number of hydrogen-bond acceptors (Lipinski definition) is 3. The molecular weight excluding hydrogens is 294 g/mol. The molecule has 1 atom stereocenters.